The maximum atomic E-state index is 10.5. The van der Waals surface area contributed by atoms with Crippen molar-refractivity contribution >= 4 is 16.8 Å². The van der Waals surface area contributed by atoms with Gasteiger partial charge in [0.05, 0.1) is 0 Å². The summed E-state index contributed by atoms with van der Waals surface area (Å²) in [6.07, 6.45) is 8.02. The highest BCUT2D eigenvalue weighted by Crippen LogP contribution is 2.30. The molecule has 0 fully saturated rings. The van der Waals surface area contributed by atoms with Crippen LogP contribution in [-0.2, 0) is 4.79 Å². The van der Waals surface area contributed by atoms with Crippen LogP contribution in [0.4, 0.5) is 0 Å². The molecule has 1 rings (SSSR count). The quantitative estimate of drug-likeness (QED) is 0.650. The largest absolute Gasteiger partial charge is 0.281 e. The average Bonchev–Trinajstić information content (AvgIpc) is 2.09. The van der Waals surface area contributed by atoms with E-state index in [1.54, 1.807) is 0 Å². The summed E-state index contributed by atoms with van der Waals surface area (Å²) >= 11 is 5.26. The minimum atomic E-state index is -0.289. The first-order valence-electron chi connectivity index (χ1n) is 5.15. The van der Waals surface area contributed by atoms with Gasteiger partial charge in [-0.2, -0.15) is 0 Å². The standard InChI is InChI=1S/C12H17ClO/c1-9-5-3-6-10(2)11(9)7-4-8-12(13)14/h4,7,9H,3,5-6,8H2,1-2H3/b7-4-. The first-order valence-corrected chi connectivity index (χ1v) is 5.53. The van der Waals surface area contributed by atoms with E-state index in [-0.39, 0.29) is 5.24 Å². The van der Waals surface area contributed by atoms with E-state index in [1.165, 1.54) is 30.4 Å². The maximum Gasteiger partial charge on any atom is 0.225 e. The van der Waals surface area contributed by atoms with Gasteiger partial charge in [-0.1, -0.05) is 24.6 Å². The van der Waals surface area contributed by atoms with Crippen LogP contribution in [-0.4, -0.2) is 5.24 Å². The van der Waals surface area contributed by atoms with E-state index >= 15 is 0 Å². The Labute approximate surface area is 90.8 Å². The molecule has 0 bridgehead atoms. The van der Waals surface area contributed by atoms with Crippen LogP contribution in [0.25, 0.3) is 0 Å². The number of allylic oxidation sites excluding steroid dienone is 4. The Morgan fingerprint density at radius 1 is 1.64 bits per heavy atom. The van der Waals surface area contributed by atoms with Crippen LogP contribution in [0.2, 0.25) is 0 Å². The topological polar surface area (TPSA) is 17.1 Å². The number of carbonyl (C=O) groups is 1. The Balaban J connectivity index is 2.65. The first kappa shape index (κ1) is 11.5. The number of hydrogen-bond acceptors (Lipinski definition) is 1. The number of halogens is 1. The summed E-state index contributed by atoms with van der Waals surface area (Å²) in [4.78, 5) is 10.5. The Morgan fingerprint density at radius 2 is 2.36 bits per heavy atom. The van der Waals surface area contributed by atoms with E-state index in [0.717, 1.165) is 0 Å². The Kier molecular flexibility index (Phi) is 4.40. The summed E-state index contributed by atoms with van der Waals surface area (Å²) in [7, 11) is 0. The van der Waals surface area contributed by atoms with Crippen LogP contribution in [0, 0.1) is 5.92 Å². The third-order valence-electron chi connectivity index (χ3n) is 2.79. The third kappa shape index (κ3) is 3.30. The van der Waals surface area contributed by atoms with E-state index in [2.05, 4.69) is 19.9 Å². The zero-order chi connectivity index (χ0) is 10.6. The van der Waals surface area contributed by atoms with Gasteiger partial charge in [0.25, 0.3) is 0 Å². The van der Waals surface area contributed by atoms with Crippen LogP contribution >= 0.6 is 11.6 Å². The second-order valence-corrected chi connectivity index (χ2v) is 4.41. The molecule has 0 aromatic heterocycles. The molecule has 1 unspecified atom stereocenters. The fourth-order valence-electron chi connectivity index (χ4n) is 1.98. The lowest BCUT2D eigenvalue weighted by molar-refractivity contribution is -0.110. The molecular formula is C12H17ClO. The Morgan fingerprint density at radius 3 is 2.93 bits per heavy atom. The van der Waals surface area contributed by atoms with E-state index in [9.17, 15) is 4.79 Å². The molecule has 1 nitrogen and oxygen atoms in total. The number of carbonyl (C=O) groups excluding carboxylic acids is 1. The van der Waals surface area contributed by atoms with Crippen molar-refractivity contribution in [3.8, 4) is 0 Å². The van der Waals surface area contributed by atoms with Crippen LogP contribution in [0.3, 0.4) is 0 Å². The lowest BCUT2D eigenvalue weighted by atomic mass is 9.84. The minimum Gasteiger partial charge on any atom is -0.281 e. The zero-order valence-corrected chi connectivity index (χ0v) is 9.60. The molecule has 1 aliphatic rings. The molecule has 0 N–H and O–H groups in total. The molecule has 0 spiro atoms. The summed E-state index contributed by atoms with van der Waals surface area (Å²) in [6.45, 7) is 4.42. The van der Waals surface area contributed by atoms with Crippen molar-refractivity contribution in [3.05, 3.63) is 23.3 Å². The van der Waals surface area contributed by atoms with Crippen molar-refractivity contribution in [3.63, 3.8) is 0 Å². The maximum absolute atomic E-state index is 10.5. The Bertz CT molecular complexity index is 276. The van der Waals surface area contributed by atoms with E-state index in [1.807, 2.05) is 6.08 Å². The van der Waals surface area contributed by atoms with E-state index in [0.29, 0.717) is 12.3 Å². The van der Waals surface area contributed by atoms with Crippen molar-refractivity contribution in [1.82, 2.24) is 0 Å². The van der Waals surface area contributed by atoms with Gasteiger partial charge in [-0.15, -0.1) is 0 Å². The van der Waals surface area contributed by atoms with Gasteiger partial charge in [0.15, 0.2) is 0 Å². The third-order valence-corrected chi connectivity index (χ3v) is 2.94. The number of hydrogen-bond donors (Lipinski definition) is 0. The molecule has 0 aromatic rings. The second-order valence-electron chi connectivity index (χ2n) is 3.99. The van der Waals surface area contributed by atoms with Crippen molar-refractivity contribution in [2.24, 2.45) is 5.92 Å². The highest BCUT2D eigenvalue weighted by molar-refractivity contribution is 6.63. The van der Waals surface area contributed by atoms with E-state index < -0.39 is 0 Å². The fraction of sp³-hybridized carbons (Fsp3) is 0.583. The minimum absolute atomic E-state index is 0.289. The molecule has 2 heteroatoms. The zero-order valence-electron chi connectivity index (χ0n) is 8.85. The monoisotopic (exact) mass is 212 g/mol. The normalized spacial score (nSPS) is 23.2. The van der Waals surface area contributed by atoms with Gasteiger partial charge >= 0.3 is 0 Å². The van der Waals surface area contributed by atoms with Gasteiger partial charge in [0.1, 0.15) is 0 Å². The van der Waals surface area contributed by atoms with Crippen LogP contribution in [0.15, 0.2) is 23.3 Å². The Hall–Kier alpha value is -0.560. The summed E-state index contributed by atoms with van der Waals surface area (Å²) in [5, 5.41) is -0.289. The molecule has 0 aromatic carbocycles. The molecule has 0 heterocycles. The average molecular weight is 213 g/mol. The molecule has 78 valence electrons. The van der Waals surface area contributed by atoms with Gasteiger partial charge < -0.3 is 0 Å². The molecule has 0 saturated carbocycles. The SMILES string of the molecule is CC1=C(/C=C\CC(=O)Cl)C(C)CCC1. The highest BCUT2D eigenvalue weighted by Gasteiger charge is 2.14. The molecular weight excluding hydrogens is 196 g/mol. The summed E-state index contributed by atoms with van der Waals surface area (Å²) in [5.41, 5.74) is 2.86. The molecule has 0 radical (unpaired) electrons. The van der Waals surface area contributed by atoms with Crippen LogP contribution in [0.1, 0.15) is 39.5 Å². The predicted octanol–water partition coefficient (Wildman–Crippen LogP) is 3.83. The lowest BCUT2D eigenvalue weighted by Crippen LogP contribution is -2.06. The predicted molar refractivity (Wildman–Crippen MR) is 60.3 cm³/mol. The number of rotatable bonds is 3. The van der Waals surface area contributed by atoms with Gasteiger partial charge in [-0.3, -0.25) is 4.79 Å². The van der Waals surface area contributed by atoms with Crippen molar-refractivity contribution < 1.29 is 4.79 Å². The summed E-state index contributed by atoms with van der Waals surface area (Å²) < 4.78 is 0. The fourth-order valence-corrected chi connectivity index (χ4v) is 2.07. The molecule has 0 aliphatic heterocycles. The molecule has 14 heavy (non-hydrogen) atoms. The van der Waals surface area contributed by atoms with Gasteiger partial charge in [0.2, 0.25) is 5.24 Å². The summed E-state index contributed by atoms with van der Waals surface area (Å²) in [5.74, 6) is 0.630. The van der Waals surface area contributed by atoms with Gasteiger partial charge in [0, 0.05) is 6.42 Å². The summed E-state index contributed by atoms with van der Waals surface area (Å²) in [6, 6.07) is 0. The molecule has 1 atom stereocenters. The van der Waals surface area contributed by atoms with E-state index in [4.69, 9.17) is 11.6 Å². The van der Waals surface area contributed by atoms with Crippen molar-refractivity contribution in [2.75, 3.05) is 0 Å². The van der Waals surface area contributed by atoms with Gasteiger partial charge in [-0.05, 0) is 49.3 Å². The van der Waals surface area contributed by atoms with Crippen molar-refractivity contribution in [2.45, 2.75) is 39.5 Å². The van der Waals surface area contributed by atoms with Crippen molar-refractivity contribution in [1.29, 1.82) is 0 Å². The first-order chi connectivity index (χ1) is 6.61. The van der Waals surface area contributed by atoms with Crippen LogP contribution < -0.4 is 0 Å². The molecule has 0 amide bonds. The second kappa shape index (κ2) is 5.35. The van der Waals surface area contributed by atoms with Crippen LogP contribution in [0.5, 0.6) is 0 Å². The lowest BCUT2D eigenvalue weighted by Gasteiger charge is -2.21. The highest BCUT2D eigenvalue weighted by atomic mass is 35.5. The smallest absolute Gasteiger partial charge is 0.225 e. The molecule has 1 aliphatic carbocycles. The molecule has 0 saturated heterocycles. The van der Waals surface area contributed by atoms with Gasteiger partial charge in [-0.25, -0.2) is 0 Å².